The molecule has 0 spiro atoms. The summed E-state index contributed by atoms with van der Waals surface area (Å²) in [7, 11) is 1.47. The zero-order valence-corrected chi connectivity index (χ0v) is 10.2. The van der Waals surface area contributed by atoms with Gasteiger partial charge in [-0.3, -0.25) is 0 Å². The first-order chi connectivity index (χ1) is 7.33. The number of carbonyl (C=O) groups excluding carboxylic acids is 1. The SMILES string of the molecule is COc1ncc(C(=O)OC(C)(C)C)c(C)n1. The quantitative estimate of drug-likeness (QED) is 0.716. The Labute approximate surface area is 94.8 Å². The van der Waals surface area contributed by atoms with Gasteiger partial charge in [-0.15, -0.1) is 0 Å². The molecule has 0 bridgehead atoms. The third-order valence-electron chi connectivity index (χ3n) is 1.76. The largest absolute Gasteiger partial charge is 0.467 e. The van der Waals surface area contributed by atoms with Crippen molar-refractivity contribution in [2.24, 2.45) is 0 Å². The van der Waals surface area contributed by atoms with Gasteiger partial charge in [-0.25, -0.2) is 9.78 Å². The lowest BCUT2D eigenvalue weighted by Gasteiger charge is -2.19. The van der Waals surface area contributed by atoms with Gasteiger partial charge in [-0.05, 0) is 27.7 Å². The third kappa shape index (κ3) is 3.18. The summed E-state index contributed by atoms with van der Waals surface area (Å²) in [6.07, 6.45) is 1.41. The number of aromatic nitrogens is 2. The van der Waals surface area contributed by atoms with Gasteiger partial charge in [0, 0.05) is 6.20 Å². The summed E-state index contributed by atoms with van der Waals surface area (Å²) in [6, 6.07) is 0.241. The normalized spacial score (nSPS) is 11.1. The molecule has 0 radical (unpaired) electrons. The predicted octanol–water partition coefficient (Wildman–Crippen LogP) is 1.75. The summed E-state index contributed by atoms with van der Waals surface area (Å²) in [6.45, 7) is 7.14. The molecular weight excluding hydrogens is 208 g/mol. The van der Waals surface area contributed by atoms with Crippen LogP contribution in [0, 0.1) is 6.92 Å². The minimum Gasteiger partial charge on any atom is -0.467 e. The van der Waals surface area contributed by atoms with E-state index in [0.717, 1.165) is 0 Å². The molecule has 0 aromatic carbocycles. The van der Waals surface area contributed by atoms with Crippen molar-refractivity contribution in [3.8, 4) is 6.01 Å². The third-order valence-corrected chi connectivity index (χ3v) is 1.76. The molecule has 0 aliphatic heterocycles. The van der Waals surface area contributed by atoms with Crippen molar-refractivity contribution in [2.45, 2.75) is 33.3 Å². The average Bonchev–Trinajstić information content (AvgIpc) is 2.14. The molecular formula is C11H16N2O3. The second kappa shape index (κ2) is 4.47. The van der Waals surface area contributed by atoms with Crippen molar-refractivity contribution in [3.05, 3.63) is 17.5 Å². The molecule has 0 saturated heterocycles. The summed E-state index contributed by atoms with van der Waals surface area (Å²) in [5, 5.41) is 0. The Bertz CT molecular complexity index is 397. The number of nitrogens with zero attached hydrogens (tertiary/aromatic N) is 2. The van der Waals surface area contributed by atoms with E-state index in [1.54, 1.807) is 6.92 Å². The maximum atomic E-state index is 11.7. The van der Waals surface area contributed by atoms with Crippen molar-refractivity contribution < 1.29 is 14.3 Å². The molecule has 5 heteroatoms. The Morgan fingerprint density at radius 1 is 1.38 bits per heavy atom. The van der Waals surface area contributed by atoms with Gasteiger partial charge in [0.05, 0.1) is 18.4 Å². The first kappa shape index (κ1) is 12.4. The Balaban J connectivity index is 2.93. The zero-order chi connectivity index (χ0) is 12.3. The van der Waals surface area contributed by atoms with E-state index in [9.17, 15) is 4.79 Å². The molecule has 1 heterocycles. The lowest BCUT2D eigenvalue weighted by Crippen LogP contribution is -2.24. The van der Waals surface area contributed by atoms with E-state index in [1.165, 1.54) is 13.3 Å². The van der Waals surface area contributed by atoms with E-state index >= 15 is 0 Å². The van der Waals surface area contributed by atoms with Gasteiger partial charge in [0.1, 0.15) is 5.60 Å². The molecule has 1 aromatic heterocycles. The van der Waals surface area contributed by atoms with Gasteiger partial charge in [-0.2, -0.15) is 4.98 Å². The Hall–Kier alpha value is -1.65. The maximum Gasteiger partial charge on any atom is 0.342 e. The van der Waals surface area contributed by atoms with Crippen LogP contribution in [0.5, 0.6) is 6.01 Å². The zero-order valence-electron chi connectivity index (χ0n) is 10.2. The predicted molar refractivity (Wildman–Crippen MR) is 58.5 cm³/mol. The molecule has 0 atom stereocenters. The highest BCUT2D eigenvalue weighted by molar-refractivity contribution is 5.90. The van der Waals surface area contributed by atoms with Gasteiger partial charge in [0.25, 0.3) is 0 Å². The van der Waals surface area contributed by atoms with Crippen molar-refractivity contribution in [1.82, 2.24) is 9.97 Å². The molecule has 0 unspecified atom stereocenters. The van der Waals surface area contributed by atoms with Crippen LogP contribution >= 0.6 is 0 Å². The average molecular weight is 224 g/mol. The highest BCUT2D eigenvalue weighted by atomic mass is 16.6. The number of aryl methyl sites for hydroxylation is 1. The van der Waals surface area contributed by atoms with Gasteiger partial charge < -0.3 is 9.47 Å². The van der Waals surface area contributed by atoms with E-state index in [4.69, 9.17) is 9.47 Å². The van der Waals surface area contributed by atoms with Crippen molar-refractivity contribution in [3.63, 3.8) is 0 Å². The minimum absolute atomic E-state index is 0.241. The van der Waals surface area contributed by atoms with E-state index in [2.05, 4.69) is 9.97 Å². The van der Waals surface area contributed by atoms with Crippen LogP contribution < -0.4 is 4.74 Å². The molecule has 88 valence electrons. The van der Waals surface area contributed by atoms with Gasteiger partial charge >= 0.3 is 12.0 Å². The molecule has 1 rings (SSSR count). The number of ether oxygens (including phenoxy) is 2. The van der Waals surface area contributed by atoms with Gasteiger partial charge in [0.2, 0.25) is 0 Å². The van der Waals surface area contributed by atoms with Crippen LogP contribution in [0.15, 0.2) is 6.20 Å². The maximum absolute atomic E-state index is 11.7. The van der Waals surface area contributed by atoms with Crippen LogP contribution in [-0.2, 0) is 4.74 Å². The van der Waals surface area contributed by atoms with E-state index in [-0.39, 0.29) is 6.01 Å². The van der Waals surface area contributed by atoms with Crippen LogP contribution in [0.25, 0.3) is 0 Å². The number of hydrogen-bond donors (Lipinski definition) is 0. The van der Waals surface area contributed by atoms with Crippen LogP contribution in [0.4, 0.5) is 0 Å². The van der Waals surface area contributed by atoms with Gasteiger partial charge in [0.15, 0.2) is 0 Å². The number of esters is 1. The van der Waals surface area contributed by atoms with Crippen LogP contribution in [0.1, 0.15) is 36.8 Å². The van der Waals surface area contributed by atoms with Crippen molar-refractivity contribution in [2.75, 3.05) is 7.11 Å². The first-order valence-corrected chi connectivity index (χ1v) is 4.94. The monoisotopic (exact) mass is 224 g/mol. The summed E-state index contributed by atoms with van der Waals surface area (Å²) < 4.78 is 10.1. The molecule has 1 aromatic rings. The molecule has 0 amide bonds. The first-order valence-electron chi connectivity index (χ1n) is 4.94. The van der Waals surface area contributed by atoms with E-state index < -0.39 is 11.6 Å². The molecule has 0 aliphatic carbocycles. The van der Waals surface area contributed by atoms with Crippen LogP contribution in [0.3, 0.4) is 0 Å². The fourth-order valence-electron chi connectivity index (χ4n) is 1.08. The molecule has 0 N–H and O–H groups in total. The van der Waals surface area contributed by atoms with Crippen LogP contribution in [-0.4, -0.2) is 28.6 Å². The Morgan fingerprint density at radius 3 is 2.44 bits per heavy atom. The lowest BCUT2D eigenvalue weighted by atomic mass is 10.2. The summed E-state index contributed by atoms with van der Waals surface area (Å²) in [4.78, 5) is 19.6. The second-order valence-electron chi connectivity index (χ2n) is 4.36. The summed E-state index contributed by atoms with van der Waals surface area (Å²) >= 11 is 0. The standard InChI is InChI=1S/C11H16N2O3/c1-7-8(6-12-10(13-7)15-5)9(14)16-11(2,3)4/h6H,1-5H3. The number of hydrogen-bond acceptors (Lipinski definition) is 5. The highest BCUT2D eigenvalue weighted by Gasteiger charge is 2.20. The Kier molecular flexibility index (Phi) is 3.47. The van der Waals surface area contributed by atoms with E-state index in [0.29, 0.717) is 11.3 Å². The van der Waals surface area contributed by atoms with Crippen molar-refractivity contribution in [1.29, 1.82) is 0 Å². The molecule has 0 aliphatic rings. The van der Waals surface area contributed by atoms with Crippen LogP contribution in [0.2, 0.25) is 0 Å². The number of rotatable bonds is 2. The summed E-state index contributed by atoms with van der Waals surface area (Å²) in [5.41, 5.74) is 0.375. The minimum atomic E-state index is -0.524. The lowest BCUT2D eigenvalue weighted by molar-refractivity contribution is 0.00676. The molecule has 16 heavy (non-hydrogen) atoms. The fourth-order valence-corrected chi connectivity index (χ4v) is 1.08. The number of carbonyl (C=O) groups is 1. The summed E-state index contributed by atoms with van der Waals surface area (Å²) in [5.74, 6) is -0.423. The molecule has 0 saturated carbocycles. The molecule has 0 fully saturated rings. The Morgan fingerprint density at radius 2 is 2.00 bits per heavy atom. The second-order valence-corrected chi connectivity index (χ2v) is 4.36. The smallest absolute Gasteiger partial charge is 0.342 e. The van der Waals surface area contributed by atoms with E-state index in [1.807, 2.05) is 20.8 Å². The highest BCUT2D eigenvalue weighted by Crippen LogP contribution is 2.14. The topological polar surface area (TPSA) is 61.3 Å². The number of methoxy groups -OCH3 is 1. The molecule has 5 nitrogen and oxygen atoms in total. The van der Waals surface area contributed by atoms with Crippen molar-refractivity contribution >= 4 is 5.97 Å². The fraction of sp³-hybridized carbons (Fsp3) is 0.545. The van der Waals surface area contributed by atoms with Gasteiger partial charge in [-0.1, -0.05) is 0 Å².